The normalized spacial score (nSPS) is 11.2. The van der Waals surface area contributed by atoms with E-state index in [1.165, 1.54) is 31.4 Å². The Balaban J connectivity index is 2.28. The molecule has 28 heavy (non-hydrogen) atoms. The Bertz CT molecular complexity index is 966. The second-order valence-electron chi connectivity index (χ2n) is 5.77. The molecule has 0 radical (unpaired) electrons. The van der Waals surface area contributed by atoms with E-state index in [-0.39, 0.29) is 27.7 Å². The van der Waals surface area contributed by atoms with Crippen LogP contribution >= 0.6 is 23.2 Å². The fraction of sp³-hybridized carbons (Fsp3) is 0.353. The smallest absolute Gasteiger partial charge is 0.253 e. The maximum absolute atomic E-state index is 12.6. The molecule has 1 amide bonds. The van der Waals surface area contributed by atoms with Crippen LogP contribution in [0.3, 0.4) is 0 Å². The number of halogens is 2. The van der Waals surface area contributed by atoms with Gasteiger partial charge < -0.3 is 9.64 Å². The van der Waals surface area contributed by atoms with E-state index < -0.39 is 15.8 Å². The van der Waals surface area contributed by atoms with Crippen LogP contribution < -0.4 is 9.46 Å². The van der Waals surface area contributed by atoms with Crippen LogP contribution in [-0.2, 0) is 15.8 Å². The lowest BCUT2D eigenvalue weighted by molar-refractivity contribution is 0.0773. The predicted molar refractivity (Wildman–Crippen MR) is 109 cm³/mol. The van der Waals surface area contributed by atoms with Crippen LogP contribution in [0.2, 0.25) is 10.2 Å². The lowest BCUT2D eigenvalue weighted by Crippen LogP contribution is -2.30. The van der Waals surface area contributed by atoms with Crippen molar-refractivity contribution in [3.05, 3.63) is 45.6 Å². The first kappa shape index (κ1) is 22.2. The molecule has 0 atom stereocenters. The molecule has 0 saturated carbocycles. The number of amides is 1. The maximum Gasteiger partial charge on any atom is 0.253 e. The summed E-state index contributed by atoms with van der Waals surface area (Å²) in [5, 5.41) is 7.64. The third-order valence-corrected chi connectivity index (χ3v) is 5.43. The third-order valence-electron chi connectivity index (χ3n) is 3.81. The Morgan fingerprint density at radius 3 is 2.43 bits per heavy atom. The van der Waals surface area contributed by atoms with E-state index in [9.17, 15) is 13.2 Å². The maximum atomic E-state index is 12.6. The summed E-state index contributed by atoms with van der Waals surface area (Å²) in [5.74, 6) is -0.593. The van der Waals surface area contributed by atoms with Gasteiger partial charge in [0.15, 0.2) is 10.9 Å². The molecular formula is C17H20Cl2N4O4S. The van der Waals surface area contributed by atoms with Crippen molar-refractivity contribution in [1.29, 1.82) is 0 Å². The van der Waals surface area contributed by atoms with Gasteiger partial charge in [0.25, 0.3) is 5.91 Å². The van der Waals surface area contributed by atoms with E-state index in [1.807, 2.05) is 13.8 Å². The van der Waals surface area contributed by atoms with Crippen molar-refractivity contribution in [3.8, 4) is 5.75 Å². The molecule has 11 heteroatoms. The first-order valence-corrected chi connectivity index (χ1v) is 10.8. The zero-order valence-electron chi connectivity index (χ0n) is 15.6. The van der Waals surface area contributed by atoms with E-state index in [0.717, 1.165) is 0 Å². The highest BCUT2D eigenvalue weighted by Gasteiger charge is 2.19. The van der Waals surface area contributed by atoms with Crippen LogP contribution in [0, 0.1) is 0 Å². The van der Waals surface area contributed by atoms with Crippen LogP contribution in [0.25, 0.3) is 0 Å². The van der Waals surface area contributed by atoms with Crippen LogP contribution in [0.5, 0.6) is 5.75 Å². The Morgan fingerprint density at radius 1 is 1.14 bits per heavy atom. The molecule has 8 nitrogen and oxygen atoms in total. The number of nitrogens with zero attached hydrogens (tertiary/aromatic N) is 3. The van der Waals surface area contributed by atoms with Gasteiger partial charge in [0.1, 0.15) is 0 Å². The van der Waals surface area contributed by atoms with Gasteiger partial charge in [-0.15, -0.1) is 10.2 Å². The minimum atomic E-state index is -3.88. The van der Waals surface area contributed by atoms with Crippen LogP contribution in [0.15, 0.2) is 24.3 Å². The number of carbonyl (C=O) groups is 1. The van der Waals surface area contributed by atoms with Gasteiger partial charge in [0, 0.05) is 29.7 Å². The number of sulfonamides is 1. The van der Waals surface area contributed by atoms with E-state index in [2.05, 4.69) is 14.9 Å². The van der Waals surface area contributed by atoms with Crippen molar-refractivity contribution >= 4 is 45.0 Å². The molecule has 0 aliphatic carbocycles. The van der Waals surface area contributed by atoms with Gasteiger partial charge >= 0.3 is 0 Å². The Hall–Kier alpha value is -2.10. The summed E-state index contributed by atoms with van der Waals surface area (Å²) in [7, 11) is -2.53. The minimum Gasteiger partial charge on any atom is -0.493 e. The molecule has 1 N–H and O–H groups in total. The Morgan fingerprint density at radius 2 is 1.82 bits per heavy atom. The zero-order valence-corrected chi connectivity index (χ0v) is 17.9. The molecule has 0 aliphatic heterocycles. The van der Waals surface area contributed by atoms with Gasteiger partial charge in [-0.25, -0.2) is 8.42 Å². The second-order valence-corrected chi connectivity index (χ2v) is 8.32. The molecule has 1 aromatic carbocycles. The summed E-state index contributed by atoms with van der Waals surface area (Å²) in [4.78, 5) is 14.2. The summed E-state index contributed by atoms with van der Waals surface area (Å²) in [6, 6.07) is 5.85. The quantitative estimate of drug-likeness (QED) is 0.667. The number of ether oxygens (including phenoxy) is 1. The van der Waals surface area contributed by atoms with Gasteiger partial charge in [-0.1, -0.05) is 23.2 Å². The van der Waals surface area contributed by atoms with Crippen molar-refractivity contribution in [2.45, 2.75) is 19.6 Å². The molecule has 0 fully saturated rings. The highest BCUT2D eigenvalue weighted by atomic mass is 35.5. The molecule has 1 aromatic heterocycles. The molecule has 0 spiro atoms. The molecular weight excluding hydrogens is 427 g/mol. The van der Waals surface area contributed by atoms with Crippen molar-refractivity contribution in [3.63, 3.8) is 0 Å². The number of anilines is 1. The zero-order chi connectivity index (χ0) is 20.9. The molecule has 0 saturated heterocycles. The summed E-state index contributed by atoms with van der Waals surface area (Å²) in [5.41, 5.74) is 0.682. The van der Waals surface area contributed by atoms with Gasteiger partial charge in [-0.3, -0.25) is 9.52 Å². The number of aromatic nitrogens is 2. The summed E-state index contributed by atoms with van der Waals surface area (Å²) in [6.45, 7) is 4.79. The van der Waals surface area contributed by atoms with Crippen molar-refractivity contribution in [1.82, 2.24) is 15.1 Å². The lowest BCUT2D eigenvalue weighted by Gasteiger charge is -2.19. The number of carbonyl (C=O) groups excluding carboxylic acids is 1. The standard InChI is InChI=1S/C17H20Cl2N4O4S/c1-4-23(5-2)17(24)12-6-11(7-13(18)8-12)10-28(25,26)22-16-14(27-3)9-15(19)20-21-16/h6-9H,4-5,10H2,1-3H3,(H,21,22). The summed E-state index contributed by atoms with van der Waals surface area (Å²) < 4.78 is 32.5. The fourth-order valence-corrected chi connectivity index (χ4v) is 4.04. The van der Waals surface area contributed by atoms with Gasteiger partial charge in [0.05, 0.1) is 12.9 Å². The lowest BCUT2D eigenvalue weighted by atomic mass is 10.1. The molecule has 0 bridgehead atoms. The first-order valence-electron chi connectivity index (χ1n) is 8.35. The molecule has 2 aromatic rings. The highest BCUT2D eigenvalue weighted by molar-refractivity contribution is 7.91. The van der Waals surface area contributed by atoms with Crippen molar-refractivity contribution < 1.29 is 17.9 Å². The van der Waals surface area contributed by atoms with Crippen LogP contribution in [0.1, 0.15) is 29.8 Å². The number of rotatable bonds is 8. The number of methoxy groups -OCH3 is 1. The first-order chi connectivity index (χ1) is 13.2. The molecule has 2 rings (SSSR count). The van der Waals surface area contributed by atoms with Gasteiger partial charge in [-0.2, -0.15) is 0 Å². The average molecular weight is 447 g/mol. The Kier molecular flexibility index (Phi) is 7.45. The second kappa shape index (κ2) is 9.40. The van der Waals surface area contributed by atoms with E-state index in [1.54, 1.807) is 4.90 Å². The molecule has 1 heterocycles. The SMILES string of the molecule is CCN(CC)C(=O)c1cc(Cl)cc(CS(=O)(=O)Nc2nnc(Cl)cc2OC)c1. The summed E-state index contributed by atoms with van der Waals surface area (Å²) >= 11 is 11.8. The molecule has 152 valence electrons. The van der Waals surface area contributed by atoms with Gasteiger partial charge in [0.2, 0.25) is 15.8 Å². The Labute approximate surface area is 173 Å². The molecule has 0 aliphatic rings. The summed E-state index contributed by atoms with van der Waals surface area (Å²) in [6.07, 6.45) is 0. The van der Waals surface area contributed by atoms with Crippen molar-refractivity contribution in [2.75, 3.05) is 24.9 Å². The van der Waals surface area contributed by atoms with Crippen LogP contribution in [0.4, 0.5) is 5.82 Å². The van der Waals surface area contributed by atoms with Crippen LogP contribution in [-0.4, -0.2) is 49.6 Å². The van der Waals surface area contributed by atoms with Crippen molar-refractivity contribution in [2.24, 2.45) is 0 Å². The number of benzene rings is 1. The van der Waals surface area contributed by atoms with E-state index in [4.69, 9.17) is 27.9 Å². The number of hydrogen-bond acceptors (Lipinski definition) is 6. The highest BCUT2D eigenvalue weighted by Crippen LogP contribution is 2.25. The predicted octanol–water partition coefficient (Wildman–Crippen LogP) is 3.22. The monoisotopic (exact) mass is 446 g/mol. The van der Waals surface area contributed by atoms with Gasteiger partial charge in [-0.05, 0) is 37.6 Å². The van der Waals surface area contributed by atoms with E-state index >= 15 is 0 Å². The fourth-order valence-electron chi connectivity index (χ4n) is 2.53. The number of nitrogens with one attached hydrogen (secondary N) is 1. The third kappa shape index (κ3) is 5.70. The minimum absolute atomic E-state index is 0.0641. The number of hydrogen-bond donors (Lipinski definition) is 1. The largest absolute Gasteiger partial charge is 0.493 e. The average Bonchev–Trinajstić information content (AvgIpc) is 2.63. The molecule has 0 unspecified atom stereocenters. The van der Waals surface area contributed by atoms with E-state index in [0.29, 0.717) is 24.2 Å². The topological polar surface area (TPSA) is 101 Å².